The summed E-state index contributed by atoms with van der Waals surface area (Å²) < 4.78 is 9.60. The standard InChI is InChI=1S/C10H15O4/c1-5-7-13-9(12)10(3,4)14-8(11)6-2/h5-6H,1,7H2,2-4H3. The van der Waals surface area contributed by atoms with Gasteiger partial charge in [-0.1, -0.05) is 19.6 Å². The molecule has 79 valence electrons. The minimum atomic E-state index is -1.26. The molecular formula is C10H15O4. The Morgan fingerprint density at radius 2 is 2.00 bits per heavy atom. The van der Waals surface area contributed by atoms with Crippen molar-refractivity contribution in [2.75, 3.05) is 6.61 Å². The molecule has 1 radical (unpaired) electrons. The lowest BCUT2D eigenvalue weighted by Gasteiger charge is -2.22. The maximum atomic E-state index is 11.3. The highest BCUT2D eigenvalue weighted by atomic mass is 16.6. The van der Waals surface area contributed by atoms with Crippen molar-refractivity contribution in [1.82, 2.24) is 0 Å². The largest absolute Gasteiger partial charge is 0.459 e. The third kappa shape index (κ3) is 4.07. The first-order chi connectivity index (χ1) is 6.44. The van der Waals surface area contributed by atoms with Crippen molar-refractivity contribution in [1.29, 1.82) is 0 Å². The minimum absolute atomic E-state index is 0.107. The van der Waals surface area contributed by atoms with Gasteiger partial charge < -0.3 is 9.47 Å². The van der Waals surface area contributed by atoms with Crippen LogP contribution < -0.4 is 0 Å². The summed E-state index contributed by atoms with van der Waals surface area (Å²) in [5.41, 5.74) is -1.26. The van der Waals surface area contributed by atoms with Crippen LogP contribution in [-0.4, -0.2) is 24.1 Å². The fourth-order valence-corrected chi connectivity index (χ4v) is 0.660. The normalized spacial score (nSPS) is 10.5. The molecule has 0 aliphatic carbocycles. The number of hydrogen-bond donors (Lipinski definition) is 0. The number of carbonyl (C=O) groups is 2. The van der Waals surface area contributed by atoms with Gasteiger partial charge in [-0.25, -0.2) is 4.79 Å². The molecule has 0 aromatic carbocycles. The van der Waals surface area contributed by atoms with E-state index in [1.807, 2.05) is 0 Å². The van der Waals surface area contributed by atoms with Gasteiger partial charge in [-0.15, -0.1) is 0 Å². The average molecular weight is 199 g/mol. The first-order valence-corrected chi connectivity index (χ1v) is 4.24. The number of esters is 2. The van der Waals surface area contributed by atoms with E-state index in [4.69, 9.17) is 9.47 Å². The molecule has 0 N–H and O–H groups in total. The van der Waals surface area contributed by atoms with Crippen LogP contribution in [0.4, 0.5) is 0 Å². The molecule has 14 heavy (non-hydrogen) atoms. The second-order valence-electron chi connectivity index (χ2n) is 3.11. The smallest absolute Gasteiger partial charge is 0.350 e. The predicted molar refractivity (Wildman–Crippen MR) is 51.3 cm³/mol. The summed E-state index contributed by atoms with van der Waals surface area (Å²) in [5, 5.41) is 0. The van der Waals surface area contributed by atoms with E-state index < -0.39 is 17.5 Å². The summed E-state index contributed by atoms with van der Waals surface area (Å²) in [5.74, 6) is -1.14. The Bertz CT molecular complexity index is 230. The lowest BCUT2D eigenvalue weighted by atomic mass is 10.1. The molecular weight excluding hydrogens is 184 g/mol. The fraction of sp³-hybridized carbons (Fsp3) is 0.500. The molecule has 0 heterocycles. The number of rotatable bonds is 5. The molecule has 0 spiro atoms. The molecule has 0 aromatic rings. The molecule has 0 unspecified atom stereocenters. The van der Waals surface area contributed by atoms with E-state index in [0.29, 0.717) is 0 Å². The van der Waals surface area contributed by atoms with Gasteiger partial charge in [0.15, 0.2) is 0 Å². The third-order valence-electron chi connectivity index (χ3n) is 1.42. The van der Waals surface area contributed by atoms with Crippen LogP contribution in [0.3, 0.4) is 0 Å². The first-order valence-electron chi connectivity index (χ1n) is 4.24. The highest BCUT2D eigenvalue weighted by Crippen LogP contribution is 2.12. The van der Waals surface area contributed by atoms with E-state index in [1.165, 1.54) is 33.3 Å². The maximum Gasteiger partial charge on any atom is 0.350 e. The quantitative estimate of drug-likeness (QED) is 0.494. The monoisotopic (exact) mass is 199 g/mol. The van der Waals surface area contributed by atoms with E-state index >= 15 is 0 Å². The van der Waals surface area contributed by atoms with Crippen LogP contribution in [-0.2, 0) is 19.1 Å². The highest BCUT2D eigenvalue weighted by Gasteiger charge is 2.33. The van der Waals surface area contributed by atoms with Gasteiger partial charge >= 0.3 is 11.9 Å². The second kappa shape index (κ2) is 5.42. The van der Waals surface area contributed by atoms with Crippen LogP contribution in [0.2, 0.25) is 0 Å². The summed E-state index contributed by atoms with van der Waals surface area (Å²) in [4.78, 5) is 22.2. The fourth-order valence-electron chi connectivity index (χ4n) is 0.660. The van der Waals surface area contributed by atoms with Gasteiger partial charge in [0.2, 0.25) is 5.60 Å². The zero-order valence-electron chi connectivity index (χ0n) is 8.70. The molecule has 0 atom stereocenters. The Labute approximate surface area is 83.9 Å². The molecule has 0 aliphatic rings. The summed E-state index contributed by atoms with van der Waals surface area (Å²) in [6.45, 7) is 7.99. The Kier molecular flexibility index (Phi) is 4.91. The van der Waals surface area contributed by atoms with E-state index in [9.17, 15) is 9.59 Å². The van der Waals surface area contributed by atoms with Gasteiger partial charge in [0, 0.05) is 0 Å². The molecule has 0 saturated heterocycles. The molecule has 0 bridgehead atoms. The van der Waals surface area contributed by atoms with Crippen LogP contribution in [0.1, 0.15) is 20.8 Å². The number of carbonyl (C=O) groups excluding carboxylic acids is 2. The maximum absolute atomic E-state index is 11.3. The van der Waals surface area contributed by atoms with Gasteiger partial charge in [0.25, 0.3) is 0 Å². The molecule has 0 aliphatic heterocycles. The Morgan fingerprint density at radius 3 is 2.43 bits per heavy atom. The van der Waals surface area contributed by atoms with Crippen molar-refractivity contribution in [3.05, 3.63) is 19.1 Å². The molecule has 0 amide bonds. The van der Waals surface area contributed by atoms with Crippen molar-refractivity contribution >= 4 is 11.9 Å². The molecule has 0 rings (SSSR count). The van der Waals surface area contributed by atoms with Crippen molar-refractivity contribution < 1.29 is 19.1 Å². The topological polar surface area (TPSA) is 52.6 Å². The van der Waals surface area contributed by atoms with Crippen molar-refractivity contribution in [3.63, 3.8) is 0 Å². The Morgan fingerprint density at radius 1 is 1.43 bits per heavy atom. The summed E-state index contributed by atoms with van der Waals surface area (Å²) in [7, 11) is 0. The lowest BCUT2D eigenvalue weighted by molar-refractivity contribution is -0.175. The first kappa shape index (κ1) is 12.7. The van der Waals surface area contributed by atoms with Crippen LogP contribution in [0.5, 0.6) is 0 Å². The third-order valence-corrected chi connectivity index (χ3v) is 1.42. The minimum Gasteiger partial charge on any atom is -0.459 e. The molecule has 4 heteroatoms. The van der Waals surface area contributed by atoms with E-state index in [1.54, 1.807) is 0 Å². The Balaban J connectivity index is 4.22. The summed E-state index contributed by atoms with van der Waals surface area (Å²) in [6, 6.07) is 0. The van der Waals surface area contributed by atoms with Gasteiger partial charge in [-0.05, 0) is 13.8 Å². The van der Waals surface area contributed by atoms with Crippen LogP contribution in [0.25, 0.3) is 0 Å². The second-order valence-corrected chi connectivity index (χ2v) is 3.11. The van der Waals surface area contributed by atoms with E-state index in [2.05, 4.69) is 6.58 Å². The van der Waals surface area contributed by atoms with Crippen LogP contribution in [0, 0.1) is 6.42 Å². The Hall–Kier alpha value is -1.32. The SMILES string of the molecule is C=CCOC(=O)C(C)(C)OC(=O)[CH]C. The average Bonchev–Trinajstić information content (AvgIpc) is 2.13. The number of hydrogen-bond acceptors (Lipinski definition) is 4. The molecule has 0 saturated carbocycles. The van der Waals surface area contributed by atoms with Gasteiger partial charge in [-0.2, -0.15) is 0 Å². The zero-order valence-corrected chi connectivity index (χ0v) is 8.70. The summed E-state index contributed by atoms with van der Waals surface area (Å²) >= 11 is 0. The van der Waals surface area contributed by atoms with Gasteiger partial charge in [0.1, 0.15) is 6.61 Å². The predicted octanol–water partition coefficient (Wildman–Crippen LogP) is 1.26. The number of ether oxygens (including phenoxy) is 2. The van der Waals surface area contributed by atoms with Gasteiger partial charge in [0.05, 0.1) is 6.42 Å². The van der Waals surface area contributed by atoms with Crippen molar-refractivity contribution in [2.45, 2.75) is 26.4 Å². The lowest BCUT2D eigenvalue weighted by Crippen LogP contribution is -2.38. The van der Waals surface area contributed by atoms with Crippen molar-refractivity contribution in [3.8, 4) is 0 Å². The zero-order chi connectivity index (χ0) is 11.2. The summed E-state index contributed by atoms with van der Waals surface area (Å²) in [6.07, 6.45) is 2.68. The molecule has 4 nitrogen and oxygen atoms in total. The van der Waals surface area contributed by atoms with Crippen molar-refractivity contribution in [2.24, 2.45) is 0 Å². The van der Waals surface area contributed by atoms with Gasteiger partial charge in [-0.3, -0.25) is 4.79 Å². The van der Waals surface area contributed by atoms with E-state index in [0.717, 1.165) is 0 Å². The van der Waals surface area contributed by atoms with Crippen LogP contribution in [0.15, 0.2) is 12.7 Å². The van der Waals surface area contributed by atoms with E-state index in [-0.39, 0.29) is 6.61 Å². The highest BCUT2D eigenvalue weighted by molar-refractivity contribution is 5.85. The molecule has 0 fully saturated rings. The van der Waals surface area contributed by atoms with Crippen LogP contribution >= 0.6 is 0 Å². The molecule has 0 aromatic heterocycles.